The summed E-state index contributed by atoms with van der Waals surface area (Å²) in [6, 6.07) is 12.4. The first-order valence-electron chi connectivity index (χ1n) is 6.91. The standard InChI is InChI=1S/C16H20N2O/c1-13(16-10-6-5-9-15(16)11-17)18-19-12-14-7-3-2-4-8-14/h2-4,7-8,15-16H,5-6,9-10,12H2,1H3. The van der Waals surface area contributed by atoms with Crippen LogP contribution in [-0.4, -0.2) is 5.71 Å². The first kappa shape index (κ1) is 13.6. The second-order valence-corrected chi connectivity index (χ2v) is 5.12. The fraction of sp³-hybridized carbons (Fsp3) is 0.500. The molecule has 1 aromatic rings. The van der Waals surface area contributed by atoms with Gasteiger partial charge in [0, 0.05) is 5.92 Å². The molecule has 1 aromatic carbocycles. The molecule has 19 heavy (non-hydrogen) atoms. The highest BCUT2D eigenvalue weighted by Crippen LogP contribution is 2.30. The van der Waals surface area contributed by atoms with Crippen molar-refractivity contribution in [2.75, 3.05) is 0 Å². The Labute approximate surface area is 114 Å². The predicted molar refractivity (Wildman–Crippen MR) is 75.4 cm³/mol. The summed E-state index contributed by atoms with van der Waals surface area (Å²) < 4.78 is 0. The van der Waals surface area contributed by atoms with E-state index in [1.54, 1.807) is 0 Å². The Balaban J connectivity index is 1.90. The molecule has 1 fully saturated rings. The third kappa shape index (κ3) is 3.82. The highest BCUT2D eigenvalue weighted by Gasteiger charge is 2.27. The largest absolute Gasteiger partial charge is 0.391 e. The molecule has 0 aromatic heterocycles. The van der Waals surface area contributed by atoms with Crippen molar-refractivity contribution in [2.24, 2.45) is 17.0 Å². The second-order valence-electron chi connectivity index (χ2n) is 5.12. The van der Waals surface area contributed by atoms with Crippen LogP contribution < -0.4 is 0 Å². The number of nitrogens with zero attached hydrogens (tertiary/aromatic N) is 2. The van der Waals surface area contributed by atoms with E-state index in [4.69, 9.17) is 10.1 Å². The summed E-state index contributed by atoms with van der Waals surface area (Å²) in [6.45, 7) is 2.47. The SMILES string of the molecule is CC(=NOCc1ccccc1)C1CCCCC1C#N. The molecule has 1 aliphatic rings. The van der Waals surface area contributed by atoms with Gasteiger partial charge in [-0.15, -0.1) is 0 Å². The van der Waals surface area contributed by atoms with Crippen molar-refractivity contribution in [2.45, 2.75) is 39.2 Å². The normalized spacial score (nSPS) is 23.7. The average Bonchev–Trinajstić information content (AvgIpc) is 2.48. The maximum atomic E-state index is 9.17. The Morgan fingerprint density at radius 1 is 1.32 bits per heavy atom. The molecule has 2 rings (SSSR count). The van der Waals surface area contributed by atoms with E-state index in [1.165, 1.54) is 6.42 Å². The van der Waals surface area contributed by atoms with E-state index in [-0.39, 0.29) is 11.8 Å². The number of rotatable bonds is 4. The zero-order chi connectivity index (χ0) is 13.5. The number of hydrogen-bond donors (Lipinski definition) is 0. The van der Waals surface area contributed by atoms with Crippen LogP contribution in [0.3, 0.4) is 0 Å². The average molecular weight is 256 g/mol. The van der Waals surface area contributed by atoms with Crippen LogP contribution in [0, 0.1) is 23.2 Å². The first-order valence-corrected chi connectivity index (χ1v) is 6.91. The number of nitriles is 1. The van der Waals surface area contributed by atoms with E-state index < -0.39 is 0 Å². The van der Waals surface area contributed by atoms with Crippen LogP contribution >= 0.6 is 0 Å². The van der Waals surface area contributed by atoms with Crippen LogP contribution in [0.4, 0.5) is 0 Å². The van der Waals surface area contributed by atoms with E-state index in [2.05, 4.69) is 11.2 Å². The van der Waals surface area contributed by atoms with Crippen LogP contribution in [0.2, 0.25) is 0 Å². The van der Waals surface area contributed by atoms with Gasteiger partial charge < -0.3 is 4.84 Å². The summed E-state index contributed by atoms with van der Waals surface area (Å²) >= 11 is 0. The second kappa shape index (κ2) is 6.94. The van der Waals surface area contributed by atoms with Crippen LogP contribution in [0.15, 0.2) is 35.5 Å². The zero-order valence-corrected chi connectivity index (χ0v) is 11.4. The van der Waals surface area contributed by atoms with Crippen LogP contribution in [0.25, 0.3) is 0 Å². The van der Waals surface area contributed by atoms with Crippen molar-refractivity contribution in [3.05, 3.63) is 35.9 Å². The van der Waals surface area contributed by atoms with Gasteiger partial charge in [0.25, 0.3) is 0 Å². The topological polar surface area (TPSA) is 45.4 Å². The van der Waals surface area contributed by atoms with Gasteiger partial charge in [-0.25, -0.2) is 0 Å². The van der Waals surface area contributed by atoms with E-state index in [0.717, 1.165) is 30.5 Å². The Morgan fingerprint density at radius 3 is 2.79 bits per heavy atom. The lowest BCUT2D eigenvalue weighted by Gasteiger charge is -2.26. The molecule has 1 aliphatic carbocycles. The molecule has 1 saturated carbocycles. The Kier molecular flexibility index (Phi) is 4.97. The number of hydrogen-bond acceptors (Lipinski definition) is 3. The van der Waals surface area contributed by atoms with Crippen molar-refractivity contribution in [3.8, 4) is 6.07 Å². The van der Waals surface area contributed by atoms with Crippen molar-refractivity contribution >= 4 is 5.71 Å². The maximum Gasteiger partial charge on any atom is 0.142 e. The molecule has 2 atom stereocenters. The molecule has 0 heterocycles. The fourth-order valence-corrected chi connectivity index (χ4v) is 2.64. The van der Waals surface area contributed by atoms with Gasteiger partial charge in [-0.3, -0.25) is 0 Å². The molecular formula is C16H20N2O. The van der Waals surface area contributed by atoms with E-state index in [1.807, 2.05) is 37.3 Å². The molecule has 0 saturated heterocycles. The van der Waals surface area contributed by atoms with Crippen LogP contribution in [0.5, 0.6) is 0 Å². The molecule has 100 valence electrons. The molecule has 0 amide bonds. The minimum absolute atomic E-state index is 0.109. The summed E-state index contributed by atoms with van der Waals surface area (Å²) in [6.07, 6.45) is 4.40. The lowest BCUT2D eigenvalue weighted by molar-refractivity contribution is 0.127. The molecule has 0 radical (unpaired) electrons. The highest BCUT2D eigenvalue weighted by atomic mass is 16.6. The van der Waals surface area contributed by atoms with Crippen molar-refractivity contribution in [1.82, 2.24) is 0 Å². The third-order valence-corrected chi connectivity index (χ3v) is 3.75. The van der Waals surface area contributed by atoms with Gasteiger partial charge in [-0.2, -0.15) is 5.26 Å². The summed E-state index contributed by atoms with van der Waals surface area (Å²) in [7, 11) is 0. The predicted octanol–water partition coefficient (Wildman–Crippen LogP) is 3.91. The molecule has 2 unspecified atom stereocenters. The van der Waals surface area contributed by atoms with Gasteiger partial charge >= 0.3 is 0 Å². The summed E-state index contributed by atoms with van der Waals surface area (Å²) in [5.74, 6) is 0.382. The van der Waals surface area contributed by atoms with Gasteiger partial charge in [-0.1, -0.05) is 48.3 Å². The Morgan fingerprint density at radius 2 is 2.05 bits per heavy atom. The lowest BCUT2D eigenvalue weighted by Crippen LogP contribution is -2.24. The molecule has 0 N–H and O–H groups in total. The van der Waals surface area contributed by atoms with E-state index in [9.17, 15) is 0 Å². The summed E-state index contributed by atoms with van der Waals surface area (Å²) in [4.78, 5) is 5.41. The molecule has 3 nitrogen and oxygen atoms in total. The van der Waals surface area contributed by atoms with Crippen molar-refractivity contribution < 1.29 is 4.84 Å². The first-order chi connectivity index (χ1) is 9.31. The molecule has 0 spiro atoms. The Bertz CT molecular complexity index is 461. The van der Waals surface area contributed by atoms with Gasteiger partial charge in [-0.05, 0) is 25.3 Å². The molecule has 0 bridgehead atoms. The quantitative estimate of drug-likeness (QED) is 0.605. The molecular weight excluding hydrogens is 236 g/mol. The number of benzene rings is 1. The Hall–Kier alpha value is -1.82. The van der Waals surface area contributed by atoms with Gasteiger partial charge in [0.1, 0.15) is 6.61 Å². The highest BCUT2D eigenvalue weighted by molar-refractivity contribution is 5.84. The minimum atomic E-state index is 0.109. The van der Waals surface area contributed by atoms with Gasteiger partial charge in [0.15, 0.2) is 0 Å². The van der Waals surface area contributed by atoms with Gasteiger partial charge in [0.2, 0.25) is 0 Å². The molecule has 3 heteroatoms. The third-order valence-electron chi connectivity index (χ3n) is 3.75. The molecule has 0 aliphatic heterocycles. The van der Waals surface area contributed by atoms with Crippen molar-refractivity contribution in [1.29, 1.82) is 5.26 Å². The fourth-order valence-electron chi connectivity index (χ4n) is 2.64. The van der Waals surface area contributed by atoms with Crippen LogP contribution in [0.1, 0.15) is 38.2 Å². The van der Waals surface area contributed by atoms with Gasteiger partial charge in [0.05, 0.1) is 17.7 Å². The summed E-state index contributed by atoms with van der Waals surface area (Å²) in [5, 5.41) is 13.4. The minimum Gasteiger partial charge on any atom is -0.391 e. The monoisotopic (exact) mass is 256 g/mol. The number of oxime groups is 1. The lowest BCUT2D eigenvalue weighted by atomic mass is 9.78. The van der Waals surface area contributed by atoms with E-state index >= 15 is 0 Å². The summed E-state index contributed by atoms with van der Waals surface area (Å²) in [5.41, 5.74) is 2.07. The zero-order valence-electron chi connectivity index (χ0n) is 11.4. The smallest absolute Gasteiger partial charge is 0.142 e. The van der Waals surface area contributed by atoms with Crippen molar-refractivity contribution in [3.63, 3.8) is 0 Å². The van der Waals surface area contributed by atoms with E-state index in [0.29, 0.717) is 6.61 Å². The maximum absolute atomic E-state index is 9.17. The van der Waals surface area contributed by atoms with Crippen LogP contribution in [-0.2, 0) is 11.4 Å².